The van der Waals surface area contributed by atoms with Crippen LogP contribution in [0.25, 0.3) is 10.2 Å². The molecule has 0 aliphatic carbocycles. The molecular weight excluding hydrogens is 334 g/mol. The molecule has 1 unspecified atom stereocenters. The van der Waals surface area contributed by atoms with Gasteiger partial charge < -0.3 is 10.2 Å². The van der Waals surface area contributed by atoms with Crippen molar-refractivity contribution in [2.24, 2.45) is 4.99 Å². The zero-order chi connectivity index (χ0) is 17.8. The van der Waals surface area contributed by atoms with Crippen LogP contribution < -0.4 is 5.32 Å². The van der Waals surface area contributed by atoms with Gasteiger partial charge in [0, 0.05) is 13.1 Å². The maximum absolute atomic E-state index is 12.9. The lowest BCUT2D eigenvalue weighted by Gasteiger charge is -2.17. The minimum absolute atomic E-state index is 0.0215. The molecule has 2 aromatic rings. The Bertz CT molecular complexity index is 835. The first-order chi connectivity index (χ1) is 12.1. The SMILES string of the molecule is C=C/C=C(\N=C)C(C)Nc1nc(C(=O)N2CCCC2)c2sccc2n1. The molecule has 3 heterocycles. The summed E-state index contributed by atoms with van der Waals surface area (Å²) in [5.74, 6) is 0.395. The summed E-state index contributed by atoms with van der Waals surface area (Å²) >= 11 is 1.49. The molecule has 1 aliphatic heterocycles. The number of amides is 1. The minimum Gasteiger partial charge on any atom is -0.346 e. The van der Waals surface area contributed by atoms with Crippen LogP contribution in [0.2, 0.25) is 0 Å². The molecule has 25 heavy (non-hydrogen) atoms. The van der Waals surface area contributed by atoms with Crippen molar-refractivity contribution in [1.29, 1.82) is 0 Å². The minimum atomic E-state index is -0.152. The molecule has 1 N–H and O–H groups in total. The molecule has 0 radical (unpaired) electrons. The quantitative estimate of drug-likeness (QED) is 0.636. The molecule has 2 aromatic heterocycles. The highest BCUT2D eigenvalue weighted by Gasteiger charge is 2.24. The van der Waals surface area contributed by atoms with Crippen LogP contribution in [0, 0.1) is 0 Å². The van der Waals surface area contributed by atoms with Crippen LogP contribution in [0.4, 0.5) is 5.95 Å². The standard InChI is InChI=1S/C18H21N5OS/c1-4-7-13(19-3)12(2)20-18-21-14-8-11-25-16(14)15(22-18)17(24)23-9-5-6-10-23/h4,7-8,11-12H,1,3,5-6,9-10H2,2H3,(H,20,21,22)/b13-7-. The number of hydrogen-bond acceptors (Lipinski definition) is 6. The number of allylic oxidation sites excluding steroid dienone is 2. The van der Waals surface area contributed by atoms with Gasteiger partial charge in [0.25, 0.3) is 5.91 Å². The molecule has 1 fully saturated rings. The number of nitrogens with zero attached hydrogens (tertiary/aromatic N) is 4. The van der Waals surface area contributed by atoms with Crippen molar-refractivity contribution < 1.29 is 4.79 Å². The highest BCUT2D eigenvalue weighted by Crippen LogP contribution is 2.26. The van der Waals surface area contributed by atoms with Crippen molar-refractivity contribution >= 4 is 40.1 Å². The number of aromatic nitrogens is 2. The van der Waals surface area contributed by atoms with Gasteiger partial charge in [-0.1, -0.05) is 12.7 Å². The smallest absolute Gasteiger partial charge is 0.274 e. The van der Waals surface area contributed by atoms with Crippen molar-refractivity contribution in [3.05, 3.63) is 41.6 Å². The fraction of sp³-hybridized carbons (Fsp3) is 0.333. The summed E-state index contributed by atoms with van der Waals surface area (Å²) in [6.07, 6.45) is 5.54. The second kappa shape index (κ2) is 7.57. The van der Waals surface area contributed by atoms with Crippen LogP contribution in [-0.4, -0.2) is 46.6 Å². The lowest BCUT2D eigenvalue weighted by molar-refractivity contribution is 0.0789. The summed E-state index contributed by atoms with van der Waals surface area (Å²) < 4.78 is 0.832. The number of likely N-dealkylation sites (tertiary alicyclic amines) is 1. The normalized spacial score (nSPS) is 16.0. The molecule has 1 saturated heterocycles. The second-order valence-corrected chi connectivity index (χ2v) is 6.80. The highest BCUT2D eigenvalue weighted by atomic mass is 32.1. The summed E-state index contributed by atoms with van der Waals surface area (Å²) in [7, 11) is 0. The Balaban J connectivity index is 1.94. The lowest BCUT2D eigenvalue weighted by atomic mass is 10.2. The number of nitrogens with one attached hydrogen (secondary N) is 1. The van der Waals surface area contributed by atoms with Gasteiger partial charge in [0.05, 0.1) is 22.0 Å². The maximum atomic E-state index is 12.9. The van der Waals surface area contributed by atoms with Gasteiger partial charge in [0.2, 0.25) is 5.95 Å². The Kier molecular flexibility index (Phi) is 5.23. The van der Waals surface area contributed by atoms with Crippen molar-refractivity contribution in [2.75, 3.05) is 18.4 Å². The number of carbonyl (C=O) groups is 1. The maximum Gasteiger partial charge on any atom is 0.274 e. The van der Waals surface area contributed by atoms with Crippen LogP contribution in [0.3, 0.4) is 0 Å². The van der Waals surface area contributed by atoms with Gasteiger partial charge in [-0.3, -0.25) is 9.79 Å². The summed E-state index contributed by atoms with van der Waals surface area (Å²) in [6, 6.07) is 1.76. The van der Waals surface area contributed by atoms with E-state index in [9.17, 15) is 4.79 Å². The van der Waals surface area contributed by atoms with Crippen LogP contribution in [-0.2, 0) is 0 Å². The van der Waals surface area contributed by atoms with Gasteiger partial charge in [0.1, 0.15) is 0 Å². The summed E-state index contributed by atoms with van der Waals surface area (Å²) in [5, 5.41) is 5.14. The van der Waals surface area contributed by atoms with Gasteiger partial charge in [0.15, 0.2) is 5.69 Å². The third-order valence-electron chi connectivity index (χ3n) is 4.16. The van der Waals surface area contributed by atoms with E-state index in [0.717, 1.165) is 41.8 Å². The Labute approximate surface area is 151 Å². The van der Waals surface area contributed by atoms with E-state index >= 15 is 0 Å². The van der Waals surface area contributed by atoms with E-state index in [1.165, 1.54) is 11.3 Å². The molecule has 1 atom stereocenters. The molecule has 0 bridgehead atoms. The van der Waals surface area contributed by atoms with Crippen LogP contribution >= 0.6 is 11.3 Å². The number of aliphatic imine (C=N–C) groups is 1. The molecule has 7 heteroatoms. The Hall–Kier alpha value is -2.54. The fourth-order valence-corrected chi connectivity index (χ4v) is 3.68. The van der Waals surface area contributed by atoms with Gasteiger partial charge in [-0.2, -0.15) is 0 Å². The average molecular weight is 355 g/mol. The van der Waals surface area contributed by atoms with Crippen LogP contribution in [0.15, 0.2) is 40.9 Å². The third kappa shape index (κ3) is 3.61. The predicted octanol–water partition coefficient (Wildman–Crippen LogP) is 3.50. The molecule has 6 nitrogen and oxygen atoms in total. The number of fused-ring (bicyclic) bond motifs is 1. The highest BCUT2D eigenvalue weighted by molar-refractivity contribution is 7.17. The Morgan fingerprint density at radius 1 is 1.44 bits per heavy atom. The van der Waals surface area contributed by atoms with Crippen LogP contribution in [0.1, 0.15) is 30.3 Å². The number of rotatable bonds is 6. The van der Waals surface area contributed by atoms with Gasteiger partial charge in [-0.25, -0.2) is 9.97 Å². The van der Waals surface area contributed by atoms with Crippen LogP contribution in [0.5, 0.6) is 0 Å². The van der Waals surface area contributed by atoms with E-state index in [1.54, 1.807) is 12.2 Å². The second-order valence-electron chi connectivity index (χ2n) is 5.88. The topological polar surface area (TPSA) is 70.5 Å². The zero-order valence-corrected chi connectivity index (χ0v) is 15.1. The van der Waals surface area contributed by atoms with Gasteiger partial charge >= 0.3 is 0 Å². The monoisotopic (exact) mass is 355 g/mol. The first kappa shape index (κ1) is 17.3. The van der Waals surface area contributed by atoms with Crippen molar-refractivity contribution in [3.8, 4) is 0 Å². The average Bonchev–Trinajstić information content (AvgIpc) is 3.29. The number of thiophene rings is 1. The largest absolute Gasteiger partial charge is 0.346 e. The van der Waals surface area contributed by atoms with E-state index < -0.39 is 0 Å². The van der Waals surface area contributed by atoms with E-state index in [4.69, 9.17) is 0 Å². The lowest BCUT2D eigenvalue weighted by Crippen LogP contribution is -2.29. The van der Waals surface area contributed by atoms with Crippen molar-refractivity contribution in [1.82, 2.24) is 14.9 Å². The first-order valence-electron chi connectivity index (χ1n) is 8.24. The number of anilines is 1. The molecular formula is C18H21N5OS. The molecule has 1 aliphatic rings. The molecule has 1 amide bonds. The summed E-state index contributed by atoms with van der Waals surface area (Å²) in [5.41, 5.74) is 1.98. The Morgan fingerprint density at radius 2 is 2.20 bits per heavy atom. The third-order valence-corrected chi connectivity index (χ3v) is 5.07. The van der Waals surface area contributed by atoms with E-state index in [2.05, 4.69) is 33.6 Å². The number of carbonyl (C=O) groups excluding carboxylic acids is 1. The molecule has 0 spiro atoms. The van der Waals surface area contributed by atoms with E-state index in [1.807, 2.05) is 23.3 Å². The zero-order valence-electron chi connectivity index (χ0n) is 14.2. The Morgan fingerprint density at radius 3 is 2.88 bits per heavy atom. The molecule has 0 saturated carbocycles. The van der Waals surface area contributed by atoms with E-state index in [0.29, 0.717) is 11.6 Å². The fourth-order valence-electron chi connectivity index (χ4n) is 2.87. The van der Waals surface area contributed by atoms with Gasteiger partial charge in [-0.05, 0) is 44.0 Å². The molecule has 0 aromatic carbocycles. The summed E-state index contributed by atoms with van der Waals surface area (Å²) in [6.45, 7) is 10.8. The van der Waals surface area contributed by atoms with Crippen molar-refractivity contribution in [2.45, 2.75) is 25.8 Å². The molecule has 130 valence electrons. The summed E-state index contributed by atoms with van der Waals surface area (Å²) in [4.78, 5) is 27.8. The predicted molar refractivity (Wildman–Crippen MR) is 103 cm³/mol. The molecule has 3 rings (SSSR count). The van der Waals surface area contributed by atoms with E-state index in [-0.39, 0.29) is 11.9 Å². The number of hydrogen-bond donors (Lipinski definition) is 1. The van der Waals surface area contributed by atoms with Gasteiger partial charge in [-0.15, -0.1) is 11.3 Å². The first-order valence-corrected chi connectivity index (χ1v) is 9.12. The van der Waals surface area contributed by atoms with Crippen molar-refractivity contribution in [3.63, 3.8) is 0 Å².